The molecule has 1 aliphatic heterocycles. The third kappa shape index (κ3) is 8.37. The number of nitrogens with one attached hydrogen (secondary N) is 2. The fraction of sp³-hybridized carbons (Fsp3) is 0.650. The summed E-state index contributed by atoms with van der Waals surface area (Å²) in [6.07, 6.45) is 1.95. The molecule has 1 aromatic rings. The molecule has 0 bridgehead atoms. The van der Waals surface area contributed by atoms with Gasteiger partial charge in [-0.05, 0) is 51.3 Å². The van der Waals surface area contributed by atoms with Crippen molar-refractivity contribution in [3.8, 4) is 0 Å². The highest BCUT2D eigenvalue weighted by atomic mass is 127. The minimum absolute atomic E-state index is 0. The van der Waals surface area contributed by atoms with Gasteiger partial charge in [-0.15, -0.1) is 24.0 Å². The van der Waals surface area contributed by atoms with Gasteiger partial charge in [0, 0.05) is 39.3 Å². The van der Waals surface area contributed by atoms with Crippen LogP contribution in [0.1, 0.15) is 39.2 Å². The van der Waals surface area contributed by atoms with Crippen molar-refractivity contribution in [2.75, 3.05) is 32.4 Å². The number of guanidine groups is 1. The van der Waals surface area contributed by atoms with Crippen molar-refractivity contribution in [1.82, 2.24) is 15.5 Å². The molecule has 0 amide bonds. The Balaban J connectivity index is 0.00000420. The smallest absolute Gasteiger partial charge is 0.191 e. The molecule has 2 rings (SSSR count). The van der Waals surface area contributed by atoms with Gasteiger partial charge in [0.05, 0.1) is 10.5 Å². The zero-order valence-electron chi connectivity index (χ0n) is 17.7. The Morgan fingerprint density at radius 3 is 2.31 bits per heavy atom. The first-order valence-electron chi connectivity index (χ1n) is 9.77. The number of hydrogen-bond acceptors (Lipinski definition) is 4. The molecule has 0 saturated carbocycles. The summed E-state index contributed by atoms with van der Waals surface area (Å²) in [6, 6.07) is 6.96. The molecule has 1 saturated heterocycles. The lowest BCUT2D eigenvalue weighted by Gasteiger charge is -2.33. The fourth-order valence-electron chi connectivity index (χ4n) is 3.08. The van der Waals surface area contributed by atoms with Gasteiger partial charge in [-0.1, -0.05) is 12.1 Å². The van der Waals surface area contributed by atoms with Crippen molar-refractivity contribution in [2.45, 2.75) is 50.9 Å². The minimum atomic E-state index is -3.15. The quantitative estimate of drug-likeness (QED) is 0.330. The summed E-state index contributed by atoms with van der Waals surface area (Å²) >= 11 is 0. The normalized spacial score (nSPS) is 16.9. The zero-order chi connectivity index (χ0) is 20.8. The highest BCUT2D eigenvalue weighted by Gasteiger charge is 2.28. The van der Waals surface area contributed by atoms with E-state index in [0.29, 0.717) is 18.5 Å². The summed E-state index contributed by atoms with van der Waals surface area (Å²) in [7, 11) is -1.46. The molecule has 2 N–H and O–H groups in total. The predicted molar refractivity (Wildman–Crippen MR) is 128 cm³/mol. The van der Waals surface area contributed by atoms with E-state index < -0.39 is 14.6 Å². The van der Waals surface area contributed by atoms with E-state index in [-0.39, 0.29) is 35.5 Å². The van der Waals surface area contributed by atoms with Gasteiger partial charge in [0.15, 0.2) is 15.8 Å². The molecule has 1 heterocycles. The second-order valence-electron chi connectivity index (χ2n) is 8.25. The number of aliphatic imine (C=N–C) groups is 1. The van der Waals surface area contributed by atoms with Gasteiger partial charge in [-0.3, -0.25) is 9.89 Å². The Kier molecular flexibility index (Phi) is 10.3. The van der Waals surface area contributed by atoms with Crippen LogP contribution in [0.2, 0.25) is 0 Å². The Bertz CT molecular complexity index is 756. The van der Waals surface area contributed by atoms with E-state index in [0.717, 1.165) is 38.0 Å². The first-order valence-corrected chi connectivity index (χ1v) is 11.4. The molecular formula is C20H34FIN4O2S. The van der Waals surface area contributed by atoms with E-state index in [1.165, 1.54) is 12.1 Å². The summed E-state index contributed by atoms with van der Waals surface area (Å²) in [6.45, 7) is 8.21. The average Bonchev–Trinajstić information content (AvgIpc) is 2.63. The monoisotopic (exact) mass is 540 g/mol. The molecule has 9 heteroatoms. The van der Waals surface area contributed by atoms with Crippen LogP contribution in [0.25, 0.3) is 0 Å². The van der Waals surface area contributed by atoms with Gasteiger partial charge in [-0.2, -0.15) is 0 Å². The third-order valence-corrected chi connectivity index (χ3v) is 7.68. The SMILES string of the molecule is CN=C(NCCS(=O)(=O)C(C)(C)C)NC1CCN(Cc2ccc(F)cc2)CC1.I. The lowest BCUT2D eigenvalue weighted by Crippen LogP contribution is -2.49. The van der Waals surface area contributed by atoms with Crippen LogP contribution in [0.15, 0.2) is 29.3 Å². The number of likely N-dealkylation sites (tertiary alicyclic amines) is 1. The van der Waals surface area contributed by atoms with Crippen LogP contribution in [-0.2, 0) is 16.4 Å². The highest BCUT2D eigenvalue weighted by molar-refractivity contribution is 14.0. The van der Waals surface area contributed by atoms with Crippen LogP contribution >= 0.6 is 24.0 Å². The van der Waals surface area contributed by atoms with Crippen LogP contribution in [0.3, 0.4) is 0 Å². The second kappa shape index (κ2) is 11.5. The number of sulfone groups is 1. The molecule has 0 unspecified atom stereocenters. The maximum absolute atomic E-state index is 13.0. The summed E-state index contributed by atoms with van der Waals surface area (Å²) in [4.78, 5) is 6.57. The Morgan fingerprint density at radius 1 is 1.21 bits per heavy atom. The standard InChI is InChI=1S/C20H33FN4O2S.HI/c1-20(2,3)28(26,27)14-11-23-19(22-4)24-18-9-12-25(13-10-18)15-16-5-7-17(21)8-6-16;/h5-8,18H,9-15H2,1-4H3,(H2,22,23,24);1H. The molecular weight excluding hydrogens is 506 g/mol. The van der Waals surface area contributed by atoms with Gasteiger partial charge in [0.2, 0.25) is 0 Å². The molecule has 1 aromatic carbocycles. The van der Waals surface area contributed by atoms with Crippen LogP contribution < -0.4 is 10.6 Å². The van der Waals surface area contributed by atoms with Crippen LogP contribution in [0, 0.1) is 5.82 Å². The fourth-order valence-corrected chi connectivity index (χ4v) is 4.06. The predicted octanol–water partition coefficient (Wildman–Crippen LogP) is 2.79. The second-order valence-corrected chi connectivity index (χ2v) is 11.1. The first-order chi connectivity index (χ1) is 13.1. The summed E-state index contributed by atoms with van der Waals surface area (Å²) in [5.41, 5.74) is 1.12. The van der Waals surface area contributed by atoms with Crippen LogP contribution in [-0.4, -0.2) is 62.5 Å². The number of halogens is 2. The van der Waals surface area contributed by atoms with Crippen molar-refractivity contribution in [3.05, 3.63) is 35.6 Å². The third-order valence-electron chi connectivity index (χ3n) is 5.07. The van der Waals surface area contributed by atoms with E-state index in [4.69, 9.17) is 0 Å². The summed E-state index contributed by atoms with van der Waals surface area (Å²) in [5, 5.41) is 6.50. The van der Waals surface area contributed by atoms with Crippen LogP contribution in [0.4, 0.5) is 4.39 Å². The van der Waals surface area contributed by atoms with E-state index in [1.807, 2.05) is 12.1 Å². The number of hydrogen-bond donors (Lipinski definition) is 2. The Hall–Kier alpha value is -0.940. The average molecular weight is 540 g/mol. The van der Waals surface area contributed by atoms with Crippen molar-refractivity contribution in [1.29, 1.82) is 0 Å². The lowest BCUT2D eigenvalue weighted by atomic mass is 10.0. The van der Waals surface area contributed by atoms with E-state index in [9.17, 15) is 12.8 Å². The minimum Gasteiger partial charge on any atom is -0.355 e. The molecule has 6 nitrogen and oxygen atoms in total. The van der Waals surface area contributed by atoms with Gasteiger partial charge in [0.1, 0.15) is 5.82 Å². The number of benzene rings is 1. The molecule has 0 spiro atoms. The molecule has 1 aliphatic rings. The zero-order valence-corrected chi connectivity index (χ0v) is 20.9. The molecule has 0 atom stereocenters. The maximum Gasteiger partial charge on any atom is 0.191 e. The Morgan fingerprint density at radius 2 is 1.79 bits per heavy atom. The molecule has 166 valence electrons. The van der Waals surface area contributed by atoms with E-state index in [2.05, 4.69) is 20.5 Å². The highest BCUT2D eigenvalue weighted by Crippen LogP contribution is 2.16. The number of piperidine rings is 1. The van der Waals surface area contributed by atoms with Gasteiger partial charge >= 0.3 is 0 Å². The number of nitrogens with zero attached hydrogens (tertiary/aromatic N) is 2. The van der Waals surface area contributed by atoms with Gasteiger partial charge in [-0.25, -0.2) is 12.8 Å². The molecule has 1 fully saturated rings. The molecule has 0 aliphatic carbocycles. The lowest BCUT2D eigenvalue weighted by molar-refractivity contribution is 0.198. The first kappa shape index (κ1) is 26.1. The van der Waals surface area contributed by atoms with E-state index in [1.54, 1.807) is 27.8 Å². The van der Waals surface area contributed by atoms with Gasteiger partial charge in [0.25, 0.3) is 0 Å². The van der Waals surface area contributed by atoms with Crippen molar-refractivity contribution in [2.24, 2.45) is 4.99 Å². The van der Waals surface area contributed by atoms with Crippen molar-refractivity contribution >= 4 is 39.8 Å². The van der Waals surface area contributed by atoms with Gasteiger partial charge < -0.3 is 10.6 Å². The topological polar surface area (TPSA) is 73.8 Å². The van der Waals surface area contributed by atoms with Crippen molar-refractivity contribution < 1.29 is 12.8 Å². The molecule has 29 heavy (non-hydrogen) atoms. The van der Waals surface area contributed by atoms with Crippen molar-refractivity contribution in [3.63, 3.8) is 0 Å². The largest absolute Gasteiger partial charge is 0.355 e. The van der Waals surface area contributed by atoms with E-state index >= 15 is 0 Å². The summed E-state index contributed by atoms with van der Waals surface area (Å²) in [5.74, 6) is 0.509. The van der Waals surface area contributed by atoms with Crippen LogP contribution in [0.5, 0.6) is 0 Å². The number of rotatable bonds is 6. The Labute approximate surface area is 191 Å². The molecule has 0 radical (unpaired) electrons. The summed E-state index contributed by atoms with van der Waals surface area (Å²) < 4.78 is 36.6. The maximum atomic E-state index is 13.0. The molecule has 0 aromatic heterocycles.